The van der Waals surface area contributed by atoms with E-state index in [1.165, 1.54) is 24.3 Å². The van der Waals surface area contributed by atoms with E-state index in [0.29, 0.717) is 12.0 Å². The third kappa shape index (κ3) is 3.16. The van der Waals surface area contributed by atoms with Crippen LogP contribution in [0.4, 0.5) is 17.6 Å². The molecule has 0 unspecified atom stereocenters. The van der Waals surface area contributed by atoms with Crippen molar-refractivity contribution in [3.8, 4) is 0 Å². The molecule has 0 fully saturated rings. The smallest absolute Gasteiger partial charge is 0.207 e. The molecule has 3 rings (SSSR count). The first-order chi connectivity index (χ1) is 10.4. The normalized spacial score (nSPS) is 18.1. The highest BCUT2D eigenvalue weighted by molar-refractivity contribution is 5.35. The van der Waals surface area contributed by atoms with E-state index in [1.807, 2.05) is 0 Å². The van der Waals surface area contributed by atoms with Crippen LogP contribution in [-0.2, 0) is 19.0 Å². The maximum atomic E-state index is 13.5. The first-order valence-electron chi connectivity index (χ1n) is 7.38. The van der Waals surface area contributed by atoms with Crippen LogP contribution in [0.3, 0.4) is 0 Å². The van der Waals surface area contributed by atoms with Crippen molar-refractivity contribution in [3.63, 3.8) is 0 Å². The van der Waals surface area contributed by atoms with Crippen LogP contribution in [0.15, 0.2) is 42.5 Å². The molecule has 4 heteroatoms. The zero-order valence-electron chi connectivity index (χ0n) is 12.0. The number of halogens is 4. The number of fused-ring (bicyclic) bond motifs is 1. The molecule has 0 bridgehead atoms. The van der Waals surface area contributed by atoms with Crippen LogP contribution in [0.1, 0.15) is 41.0 Å². The largest absolute Gasteiger partial charge is 0.416 e. The average Bonchev–Trinajstić information content (AvgIpc) is 2.47. The molecular weight excluding hydrogens is 292 g/mol. The Balaban J connectivity index is 1.88. The summed E-state index contributed by atoms with van der Waals surface area (Å²) in [5, 5.41) is 0. The average molecular weight is 308 g/mol. The number of hydrogen-bond acceptors (Lipinski definition) is 0. The molecule has 2 aromatic rings. The van der Waals surface area contributed by atoms with Crippen molar-refractivity contribution in [2.75, 3.05) is 0 Å². The fraction of sp³-hybridized carbons (Fsp3) is 0.333. The highest BCUT2D eigenvalue weighted by atomic mass is 19.4. The van der Waals surface area contributed by atoms with Crippen molar-refractivity contribution in [3.05, 3.63) is 70.5 Å². The van der Waals surface area contributed by atoms with E-state index in [2.05, 4.69) is 0 Å². The van der Waals surface area contributed by atoms with E-state index >= 15 is 0 Å². The Morgan fingerprint density at radius 2 is 1.86 bits per heavy atom. The molecule has 0 N–H and O–H groups in total. The van der Waals surface area contributed by atoms with Crippen molar-refractivity contribution in [2.24, 2.45) is 0 Å². The lowest BCUT2D eigenvalue weighted by Gasteiger charge is -2.26. The van der Waals surface area contributed by atoms with Crippen LogP contribution in [0, 0.1) is 5.82 Å². The van der Waals surface area contributed by atoms with Crippen LogP contribution in [0.5, 0.6) is 0 Å². The molecule has 0 aromatic heterocycles. The fourth-order valence-corrected chi connectivity index (χ4v) is 3.24. The quantitative estimate of drug-likeness (QED) is 0.642. The molecule has 0 amide bonds. The standard InChI is InChI=1S/C18H16F4/c19-16-8-7-13-4-2-5-14(17(13)11-16)9-12-3-1-6-15(10-12)18(20,21)22/h1,3,6-8,10-11,14H,2,4-5,9H2/t14-/m0/s1. The van der Waals surface area contributed by atoms with Crippen molar-refractivity contribution in [1.82, 2.24) is 0 Å². The Bertz CT molecular complexity index is 673. The Kier molecular flexibility index (Phi) is 3.94. The number of hydrogen-bond donors (Lipinski definition) is 0. The maximum absolute atomic E-state index is 13.5. The van der Waals surface area contributed by atoms with Crippen LogP contribution < -0.4 is 0 Å². The summed E-state index contributed by atoms with van der Waals surface area (Å²) in [7, 11) is 0. The number of alkyl halides is 3. The summed E-state index contributed by atoms with van der Waals surface area (Å²) >= 11 is 0. The second kappa shape index (κ2) is 5.75. The fourth-order valence-electron chi connectivity index (χ4n) is 3.24. The molecule has 0 radical (unpaired) electrons. The van der Waals surface area contributed by atoms with Gasteiger partial charge in [-0.1, -0.05) is 24.3 Å². The Hall–Kier alpha value is -1.84. The molecule has 1 aliphatic rings. The van der Waals surface area contributed by atoms with E-state index in [-0.39, 0.29) is 11.7 Å². The van der Waals surface area contributed by atoms with Gasteiger partial charge in [0.1, 0.15) is 5.82 Å². The number of benzene rings is 2. The van der Waals surface area contributed by atoms with Gasteiger partial charge in [-0.2, -0.15) is 13.2 Å². The summed E-state index contributed by atoms with van der Waals surface area (Å²) in [5.41, 5.74) is 2.09. The summed E-state index contributed by atoms with van der Waals surface area (Å²) in [5.74, 6) is -0.197. The lowest BCUT2D eigenvalue weighted by molar-refractivity contribution is -0.137. The summed E-state index contributed by atoms with van der Waals surface area (Å²) in [4.78, 5) is 0. The lowest BCUT2D eigenvalue weighted by atomic mass is 9.79. The van der Waals surface area contributed by atoms with Crippen molar-refractivity contribution in [1.29, 1.82) is 0 Å². The Labute approximate surface area is 126 Å². The van der Waals surface area contributed by atoms with Gasteiger partial charge in [-0.3, -0.25) is 0 Å². The van der Waals surface area contributed by atoms with Gasteiger partial charge in [0.15, 0.2) is 0 Å². The molecular formula is C18H16F4. The second-order valence-corrected chi connectivity index (χ2v) is 5.83. The van der Waals surface area contributed by atoms with Crippen LogP contribution in [-0.4, -0.2) is 0 Å². The van der Waals surface area contributed by atoms with E-state index in [9.17, 15) is 17.6 Å². The highest BCUT2D eigenvalue weighted by Crippen LogP contribution is 2.36. The number of aryl methyl sites for hydroxylation is 1. The van der Waals surface area contributed by atoms with Gasteiger partial charge in [-0.25, -0.2) is 4.39 Å². The van der Waals surface area contributed by atoms with E-state index in [4.69, 9.17) is 0 Å². The molecule has 0 aliphatic heterocycles. The molecule has 0 heterocycles. The maximum Gasteiger partial charge on any atom is 0.416 e. The molecule has 1 atom stereocenters. The van der Waals surface area contributed by atoms with Crippen LogP contribution >= 0.6 is 0 Å². The lowest BCUT2D eigenvalue weighted by Crippen LogP contribution is -2.13. The highest BCUT2D eigenvalue weighted by Gasteiger charge is 2.30. The zero-order chi connectivity index (χ0) is 15.7. The Morgan fingerprint density at radius 1 is 1.05 bits per heavy atom. The van der Waals surface area contributed by atoms with Crippen molar-refractivity contribution < 1.29 is 17.6 Å². The monoisotopic (exact) mass is 308 g/mol. The molecule has 22 heavy (non-hydrogen) atoms. The van der Waals surface area contributed by atoms with E-state index in [1.54, 1.807) is 12.1 Å². The minimum absolute atomic E-state index is 0.0860. The molecule has 0 spiro atoms. The Morgan fingerprint density at radius 3 is 2.64 bits per heavy atom. The minimum atomic E-state index is -4.33. The summed E-state index contributed by atoms with van der Waals surface area (Å²) in [6.45, 7) is 0. The summed E-state index contributed by atoms with van der Waals surface area (Å²) in [6, 6.07) is 10.2. The van der Waals surface area contributed by atoms with Gasteiger partial charge in [-0.15, -0.1) is 0 Å². The van der Waals surface area contributed by atoms with Gasteiger partial charge in [0.05, 0.1) is 5.56 Å². The molecule has 1 aliphatic carbocycles. The molecule has 0 saturated heterocycles. The first-order valence-corrected chi connectivity index (χ1v) is 7.38. The van der Waals surface area contributed by atoms with Crippen molar-refractivity contribution >= 4 is 0 Å². The topological polar surface area (TPSA) is 0 Å². The van der Waals surface area contributed by atoms with Gasteiger partial charge in [0.25, 0.3) is 0 Å². The second-order valence-electron chi connectivity index (χ2n) is 5.83. The van der Waals surface area contributed by atoms with E-state index in [0.717, 1.165) is 36.5 Å². The van der Waals surface area contributed by atoms with Gasteiger partial charge < -0.3 is 0 Å². The predicted molar refractivity (Wildman–Crippen MR) is 77.2 cm³/mol. The number of rotatable bonds is 2. The van der Waals surface area contributed by atoms with Crippen LogP contribution in [0.25, 0.3) is 0 Å². The minimum Gasteiger partial charge on any atom is -0.207 e. The molecule has 0 nitrogen and oxygen atoms in total. The third-order valence-electron chi connectivity index (χ3n) is 4.28. The summed E-state index contributed by atoms with van der Waals surface area (Å²) < 4.78 is 51.8. The molecule has 0 saturated carbocycles. The van der Waals surface area contributed by atoms with Crippen LogP contribution in [0.2, 0.25) is 0 Å². The van der Waals surface area contributed by atoms with Gasteiger partial charge in [0, 0.05) is 0 Å². The van der Waals surface area contributed by atoms with Gasteiger partial charge >= 0.3 is 6.18 Å². The predicted octanol–water partition coefficient (Wildman–Crippen LogP) is 5.51. The van der Waals surface area contributed by atoms with Gasteiger partial charge in [0.2, 0.25) is 0 Å². The van der Waals surface area contributed by atoms with Gasteiger partial charge in [-0.05, 0) is 66.5 Å². The van der Waals surface area contributed by atoms with Crippen molar-refractivity contribution in [2.45, 2.75) is 37.8 Å². The molecule has 116 valence electrons. The third-order valence-corrected chi connectivity index (χ3v) is 4.28. The van der Waals surface area contributed by atoms with E-state index < -0.39 is 11.7 Å². The molecule has 2 aromatic carbocycles. The first kappa shape index (κ1) is 15.1. The SMILES string of the molecule is Fc1ccc2c(c1)[C@H](Cc1cccc(C(F)(F)F)c1)CCC2. The summed E-state index contributed by atoms with van der Waals surface area (Å²) in [6.07, 6.45) is -1.03. The zero-order valence-corrected chi connectivity index (χ0v) is 12.0.